The smallest absolute Gasteiger partial charge is 0.328 e. The molecule has 0 aromatic heterocycles. The molecule has 2 aromatic rings. The lowest BCUT2D eigenvalue weighted by atomic mass is 10.1. The quantitative estimate of drug-likeness (QED) is 0.798. The maximum Gasteiger partial charge on any atom is 0.328 e. The van der Waals surface area contributed by atoms with Crippen LogP contribution in [0.1, 0.15) is 11.1 Å². The van der Waals surface area contributed by atoms with E-state index in [0.29, 0.717) is 10.6 Å². The Kier molecular flexibility index (Phi) is 6.47. The van der Waals surface area contributed by atoms with Gasteiger partial charge in [-0.05, 0) is 35.4 Å². The number of rotatable bonds is 6. The van der Waals surface area contributed by atoms with E-state index in [1.807, 2.05) is 0 Å². The molecule has 0 aliphatic heterocycles. The first-order valence-corrected chi connectivity index (χ1v) is 7.82. The predicted octanol–water partition coefficient (Wildman–Crippen LogP) is 3.06. The zero-order valence-corrected chi connectivity index (χ0v) is 14.1. The van der Waals surface area contributed by atoms with Gasteiger partial charge < -0.3 is 10.1 Å². The fourth-order valence-electron chi connectivity index (χ4n) is 2.32. The summed E-state index contributed by atoms with van der Waals surface area (Å²) in [7, 11) is 1.22. The van der Waals surface area contributed by atoms with Gasteiger partial charge >= 0.3 is 5.97 Å². The molecule has 2 rings (SSSR count). The van der Waals surface area contributed by atoms with Gasteiger partial charge in [-0.3, -0.25) is 4.79 Å². The molecule has 25 heavy (non-hydrogen) atoms. The van der Waals surface area contributed by atoms with E-state index in [2.05, 4.69) is 5.32 Å². The lowest BCUT2D eigenvalue weighted by Gasteiger charge is -2.17. The monoisotopic (exact) mass is 367 g/mol. The van der Waals surface area contributed by atoms with Gasteiger partial charge in [-0.25, -0.2) is 13.6 Å². The summed E-state index contributed by atoms with van der Waals surface area (Å²) in [4.78, 5) is 24.0. The minimum Gasteiger partial charge on any atom is -0.467 e. The third-order valence-corrected chi connectivity index (χ3v) is 3.73. The Morgan fingerprint density at radius 1 is 1.12 bits per heavy atom. The van der Waals surface area contributed by atoms with Crippen LogP contribution in [0.25, 0.3) is 0 Å². The molecule has 0 saturated carbocycles. The Hall–Kier alpha value is -2.47. The number of ether oxygens (including phenoxy) is 1. The fraction of sp³-hybridized carbons (Fsp3) is 0.222. The van der Waals surface area contributed by atoms with E-state index in [9.17, 15) is 18.4 Å². The van der Waals surface area contributed by atoms with E-state index in [0.717, 1.165) is 17.7 Å². The van der Waals surface area contributed by atoms with Gasteiger partial charge in [0, 0.05) is 11.4 Å². The molecule has 1 amide bonds. The normalized spacial score (nSPS) is 11.7. The van der Waals surface area contributed by atoms with Crippen molar-refractivity contribution in [3.05, 3.63) is 70.2 Å². The van der Waals surface area contributed by atoms with E-state index in [-0.39, 0.29) is 12.8 Å². The van der Waals surface area contributed by atoms with Crippen LogP contribution in [0.2, 0.25) is 5.02 Å². The number of nitrogens with one attached hydrogen (secondary N) is 1. The van der Waals surface area contributed by atoms with Crippen LogP contribution in [0.3, 0.4) is 0 Å². The number of halogens is 3. The molecule has 0 aliphatic carbocycles. The second-order valence-corrected chi connectivity index (χ2v) is 5.84. The first-order valence-electron chi connectivity index (χ1n) is 7.44. The van der Waals surface area contributed by atoms with Crippen LogP contribution >= 0.6 is 11.6 Å². The third-order valence-electron chi connectivity index (χ3n) is 3.50. The maximum atomic E-state index is 13.2. The van der Waals surface area contributed by atoms with Crippen molar-refractivity contribution in [1.82, 2.24) is 5.32 Å². The summed E-state index contributed by atoms with van der Waals surface area (Å²) in [6, 6.07) is 9.15. The Balaban J connectivity index is 2.06. The van der Waals surface area contributed by atoms with Crippen molar-refractivity contribution in [2.45, 2.75) is 18.9 Å². The maximum absolute atomic E-state index is 13.2. The number of hydrogen-bond donors (Lipinski definition) is 1. The Bertz CT molecular complexity index is 783. The topological polar surface area (TPSA) is 55.4 Å². The Morgan fingerprint density at radius 2 is 1.88 bits per heavy atom. The molecule has 1 atom stereocenters. The first kappa shape index (κ1) is 18.9. The molecule has 7 heteroatoms. The van der Waals surface area contributed by atoms with E-state index in [1.165, 1.54) is 13.2 Å². The van der Waals surface area contributed by atoms with Crippen molar-refractivity contribution in [1.29, 1.82) is 0 Å². The minimum absolute atomic E-state index is 0.191. The van der Waals surface area contributed by atoms with Crippen molar-refractivity contribution in [3.8, 4) is 0 Å². The number of hydrogen-bond acceptors (Lipinski definition) is 3. The molecule has 0 spiro atoms. The lowest BCUT2D eigenvalue weighted by molar-refractivity contribution is -0.145. The molecule has 1 N–H and O–H groups in total. The summed E-state index contributed by atoms with van der Waals surface area (Å²) >= 11 is 5.91. The van der Waals surface area contributed by atoms with E-state index < -0.39 is 29.6 Å². The zero-order chi connectivity index (χ0) is 18.4. The summed E-state index contributed by atoms with van der Waals surface area (Å²) in [6.07, 6.45) is -0.00298. The van der Waals surface area contributed by atoms with Gasteiger partial charge in [-0.1, -0.05) is 29.8 Å². The van der Waals surface area contributed by atoms with E-state index in [4.69, 9.17) is 16.3 Å². The number of carbonyl (C=O) groups excluding carboxylic acids is 2. The van der Waals surface area contributed by atoms with Crippen LogP contribution in [-0.4, -0.2) is 25.0 Å². The molecular weight excluding hydrogens is 352 g/mol. The van der Waals surface area contributed by atoms with Crippen LogP contribution in [-0.2, 0) is 27.2 Å². The Morgan fingerprint density at radius 3 is 2.52 bits per heavy atom. The van der Waals surface area contributed by atoms with Gasteiger partial charge in [-0.2, -0.15) is 0 Å². The van der Waals surface area contributed by atoms with Gasteiger partial charge in [0.1, 0.15) is 6.04 Å². The van der Waals surface area contributed by atoms with E-state index in [1.54, 1.807) is 24.3 Å². The summed E-state index contributed by atoms with van der Waals surface area (Å²) < 4.78 is 30.8. The average molecular weight is 368 g/mol. The van der Waals surface area contributed by atoms with Gasteiger partial charge in [0.05, 0.1) is 13.5 Å². The minimum atomic E-state index is -1.03. The summed E-state index contributed by atoms with van der Waals surface area (Å²) in [6.45, 7) is 0. The van der Waals surface area contributed by atoms with Crippen molar-refractivity contribution < 1.29 is 23.1 Å². The highest BCUT2D eigenvalue weighted by Crippen LogP contribution is 2.13. The van der Waals surface area contributed by atoms with Crippen LogP contribution in [0.5, 0.6) is 0 Å². The Labute approximate surface area is 148 Å². The van der Waals surface area contributed by atoms with Gasteiger partial charge in [0.2, 0.25) is 5.91 Å². The molecular formula is C18H16ClF2NO3. The van der Waals surface area contributed by atoms with Gasteiger partial charge in [-0.15, -0.1) is 0 Å². The molecule has 4 nitrogen and oxygen atoms in total. The van der Waals surface area contributed by atoms with Crippen LogP contribution in [0.4, 0.5) is 8.78 Å². The van der Waals surface area contributed by atoms with Crippen LogP contribution < -0.4 is 5.32 Å². The average Bonchev–Trinajstić information content (AvgIpc) is 2.57. The first-order chi connectivity index (χ1) is 11.9. The molecule has 132 valence electrons. The molecule has 0 bridgehead atoms. The van der Waals surface area contributed by atoms with E-state index >= 15 is 0 Å². The van der Waals surface area contributed by atoms with Crippen molar-refractivity contribution in [3.63, 3.8) is 0 Å². The molecule has 0 saturated heterocycles. The summed E-state index contributed by atoms with van der Waals surface area (Å²) in [5.74, 6) is -3.15. The highest BCUT2D eigenvalue weighted by molar-refractivity contribution is 6.30. The number of benzene rings is 2. The highest BCUT2D eigenvalue weighted by Gasteiger charge is 2.22. The zero-order valence-electron chi connectivity index (χ0n) is 13.4. The highest BCUT2D eigenvalue weighted by atomic mass is 35.5. The lowest BCUT2D eigenvalue weighted by Crippen LogP contribution is -2.43. The standard InChI is InChI=1S/C18H16ClF2NO3/c1-25-18(24)16(9-11-3-2-4-13(19)7-11)22-17(23)10-12-5-6-14(20)15(21)8-12/h2-8,16H,9-10H2,1H3,(H,22,23)/t16-/m1/s1. The largest absolute Gasteiger partial charge is 0.467 e. The molecule has 0 radical (unpaired) electrons. The fourth-order valence-corrected chi connectivity index (χ4v) is 2.53. The number of carbonyl (C=O) groups is 2. The molecule has 0 unspecified atom stereocenters. The SMILES string of the molecule is COC(=O)[C@@H](Cc1cccc(Cl)c1)NC(=O)Cc1ccc(F)c(F)c1. The third kappa shape index (κ3) is 5.53. The van der Waals surface area contributed by atoms with Crippen molar-refractivity contribution in [2.75, 3.05) is 7.11 Å². The molecule has 0 aliphatic rings. The summed E-state index contributed by atoms with van der Waals surface area (Å²) in [5.41, 5.74) is 1.04. The number of esters is 1. The van der Waals surface area contributed by atoms with Crippen LogP contribution in [0, 0.1) is 11.6 Å². The molecule has 0 heterocycles. The molecule has 0 fully saturated rings. The van der Waals surface area contributed by atoms with Gasteiger partial charge in [0.25, 0.3) is 0 Å². The molecule has 2 aromatic carbocycles. The second-order valence-electron chi connectivity index (χ2n) is 5.40. The second kappa shape index (κ2) is 8.58. The number of methoxy groups -OCH3 is 1. The predicted molar refractivity (Wildman–Crippen MR) is 89.2 cm³/mol. The number of amides is 1. The summed E-state index contributed by atoms with van der Waals surface area (Å²) in [5, 5.41) is 3.05. The van der Waals surface area contributed by atoms with Gasteiger partial charge in [0.15, 0.2) is 11.6 Å². The van der Waals surface area contributed by atoms with Crippen LogP contribution in [0.15, 0.2) is 42.5 Å². The van der Waals surface area contributed by atoms with Crippen molar-refractivity contribution >= 4 is 23.5 Å². The van der Waals surface area contributed by atoms with Crippen molar-refractivity contribution in [2.24, 2.45) is 0 Å².